The summed E-state index contributed by atoms with van der Waals surface area (Å²) in [5.74, 6) is 0. The first kappa shape index (κ1) is 14.5. The molecule has 0 radical (unpaired) electrons. The van der Waals surface area contributed by atoms with E-state index in [1.165, 1.54) is 16.7 Å². The SMILES string of the molecule is CCC(C)(C)c1ccc(C=CC2=CC=C(C=O)C2)cc1. The van der Waals surface area contributed by atoms with Crippen LogP contribution >= 0.6 is 0 Å². The molecule has 1 aliphatic rings. The van der Waals surface area contributed by atoms with Crippen LogP contribution in [0.4, 0.5) is 0 Å². The van der Waals surface area contributed by atoms with Crippen LogP contribution in [0.1, 0.15) is 44.7 Å². The largest absolute Gasteiger partial charge is 0.298 e. The van der Waals surface area contributed by atoms with E-state index in [0.29, 0.717) is 0 Å². The van der Waals surface area contributed by atoms with Crippen LogP contribution in [0, 0.1) is 0 Å². The lowest BCUT2D eigenvalue weighted by atomic mass is 9.82. The minimum atomic E-state index is 0.235. The monoisotopic (exact) mass is 266 g/mol. The molecule has 1 nitrogen and oxygen atoms in total. The normalized spacial score (nSPS) is 15.3. The van der Waals surface area contributed by atoms with E-state index < -0.39 is 0 Å². The summed E-state index contributed by atoms with van der Waals surface area (Å²) < 4.78 is 0. The lowest BCUT2D eigenvalue weighted by molar-refractivity contribution is -0.104. The standard InChI is InChI=1S/C19H22O/c1-4-19(2,3)18-11-9-15(10-12-18)5-6-16-7-8-17(13-16)14-20/h5-12,14H,4,13H2,1-3H3. The number of carbonyl (C=O) groups excluding carboxylic acids is 1. The van der Waals surface area contributed by atoms with E-state index >= 15 is 0 Å². The average Bonchev–Trinajstić information content (AvgIpc) is 2.93. The topological polar surface area (TPSA) is 17.1 Å². The summed E-state index contributed by atoms with van der Waals surface area (Å²) in [5, 5.41) is 0. The fraction of sp³-hybridized carbons (Fsp3) is 0.316. The zero-order valence-electron chi connectivity index (χ0n) is 12.5. The molecule has 0 N–H and O–H groups in total. The van der Waals surface area contributed by atoms with Crippen LogP contribution in [0.2, 0.25) is 0 Å². The summed E-state index contributed by atoms with van der Waals surface area (Å²) >= 11 is 0. The zero-order chi connectivity index (χ0) is 14.6. The van der Waals surface area contributed by atoms with Gasteiger partial charge in [0.05, 0.1) is 0 Å². The third-order valence-electron chi connectivity index (χ3n) is 4.14. The number of allylic oxidation sites excluding steroid dienone is 5. The van der Waals surface area contributed by atoms with Crippen LogP contribution < -0.4 is 0 Å². The molecule has 0 unspecified atom stereocenters. The Morgan fingerprint density at radius 1 is 1.05 bits per heavy atom. The van der Waals surface area contributed by atoms with Crippen LogP contribution in [0.15, 0.2) is 53.6 Å². The quantitative estimate of drug-likeness (QED) is 0.697. The Kier molecular flexibility index (Phi) is 4.39. The molecule has 104 valence electrons. The number of carbonyl (C=O) groups is 1. The lowest BCUT2D eigenvalue weighted by Gasteiger charge is -2.23. The molecule has 1 aliphatic carbocycles. The molecule has 0 heterocycles. The molecular weight excluding hydrogens is 244 g/mol. The molecule has 0 aliphatic heterocycles. The molecule has 1 heteroatoms. The molecule has 0 bridgehead atoms. The Labute approximate surface area is 121 Å². The first-order valence-electron chi connectivity index (χ1n) is 7.18. The zero-order valence-corrected chi connectivity index (χ0v) is 12.5. The third kappa shape index (κ3) is 3.36. The number of hydrogen-bond acceptors (Lipinski definition) is 1. The summed E-state index contributed by atoms with van der Waals surface area (Å²) in [4.78, 5) is 10.7. The van der Waals surface area contributed by atoms with Gasteiger partial charge in [-0.15, -0.1) is 0 Å². The van der Waals surface area contributed by atoms with Gasteiger partial charge in [-0.25, -0.2) is 0 Å². The van der Waals surface area contributed by atoms with Gasteiger partial charge in [0, 0.05) is 6.42 Å². The van der Waals surface area contributed by atoms with Crippen LogP contribution in [-0.4, -0.2) is 6.29 Å². The van der Waals surface area contributed by atoms with Gasteiger partial charge in [0.2, 0.25) is 0 Å². The second-order valence-electron chi connectivity index (χ2n) is 5.97. The van der Waals surface area contributed by atoms with Gasteiger partial charge < -0.3 is 0 Å². The van der Waals surface area contributed by atoms with Crippen molar-refractivity contribution in [3.05, 3.63) is 64.8 Å². The molecule has 0 fully saturated rings. The van der Waals surface area contributed by atoms with E-state index in [-0.39, 0.29) is 5.41 Å². The van der Waals surface area contributed by atoms with E-state index in [4.69, 9.17) is 0 Å². The van der Waals surface area contributed by atoms with Gasteiger partial charge in [-0.3, -0.25) is 4.79 Å². The molecule has 1 aromatic carbocycles. The molecule has 0 saturated carbocycles. The number of rotatable bonds is 5. The van der Waals surface area contributed by atoms with E-state index in [2.05, 4.69) is 57.2 Å². The van der Waals surface area contributed by atoms with Gasteiger partial charge in [-0.05, 0) is 34.1 Å². The van der Waals surface area contributed by atoms with E-state index in [1.807, 2.05) is 12.2 Å². The third-order valence-corrected chi connectivity index (χ3v) is 4.14. The first-order valence-corrected chi connectivity index (χ1v) is 7.18. The van der Waals surface area contributed by atoms with Crippen molar-refractivity contribution in [3.63, 3.8) is 0 Å². The highest BCUT2D eigenvalue weighted by molar-refractivity contribution is 5.77. The van der Waals surface area contributed by atoms with E-state index in [1.54, 1.807) is 0 Å². The summed E-state index contributed by atoms with van der Waals surface area (Å²) in [6, 6.07) is 8.74. The Balaban J connectivity index is 2.03. The van der Waals surface area contributed by atoms with Crippen LogP contribution in [0.25, 0.3) is 6.08 Å². The summed E-state index contributed by atoms with van der Waals surface area (Å²) in [5.41, 5.74) is 4.84. The lowest BCUT2D eigenvalue weighted by Crippen LogP contribution is -2.14. The first-order chi connectivity index (χ1) is 9.55. The van der Waals surface area contributed by atoms with Crippen molar-refractivity contribution in [2.45, 2.75) is 39.0 Å². The minimum absolute atomic E-state index is 0.235. The van der Waals surface area contributed by atoms with Crippen molar-refractivity contribution in [2.75, 3.05) is 0 Å². The molecule has 0 aromatic heterocycles. The molecule has 0 spiro atoms. The second-order valence-corrected chi connectivity index (χ2v) is 5.97. The molecule has 1 aromatic rings. The Hall–Kier alpha value is -1.89. The van der Waals surface area contributed by atoms with Crippen LogP contribution in [-0.2, 0) is 10.2 Å². The molecule has 0 atom stereocenters. The predicted molar refractivity (Wildman–Crippen MR) is 85.6 cm³/mol. The number of aldehydes is 1. The fourth-order valence-corrected chi connectivity index (χ4v) is 2.22. The molecule has 0 amide bonds. The number of hydrogen-bond donors (Lipinski definition) is 0. The van der Waals surface area contributed by atoms with Crippen molar-refractivity contribution < 1.29 is 4.79 Å². The van der Waals surface area contributed by atoms with E-state index in [9.17, 15) is 4.79 Å². The molecule has 0 saturated heterocycles. The van der Waals surface area contributed by atoms with Gasteiger partial charge >= 0.3 is 0 Å². The minimum Gasteiger partial charge on any atom is -0.298 e. The molecule has 20 heavy (non-hydrogen) atoms. The van der Waals surface area contributed by atoms with Gasteiger partial charge in [0.15, 0.2) is 0 Å². The average molecular weight is 266 g/mol. The predicted octanol–water partition coefficient (Wildman–Crippen LogP) is 4.84. The van der Waals surface area contributed by atoms with Crippen molar-refractivity contribution in [2.24, 2.45) is 0 Å². The van der Waals surface area contributed by atoms with Crippen LogP contribution in [0.5, 0.6) is 0 Å². The number of benzene rings is 1. The van der Waals surface area contributed by atoms with Crippen LogP contribution in [0.3, 0.4) is 0 Å². The summed E-state index contributed by atoms with van der Waals surface area (Å²) in [6.45, 7) is 6.76. The van der Waals surface area contributed by atoms with Crippen molar-refractivity contribution in [1.82, 2.24) is 0 Å². The summed E-state index contributed by atoms with van der Waals surface area (Å²) in [7, 11) is 0. The second kappa shape index (κ2) is 6.04. The Morgan fingerprint density at radius 2 is 1.70 bits per heavy atom. The van der Waals surface area contributed by atoms with Gasteiger partial charge in [0.1, 0.15) is 6.29 Å². The van der Waals surface area contributed by atoms with Gasteiger partial charge in [0.25, 0.3) is 0 Å². The van der Waals surface area contributed by atoms with Crippen molar-refractivity contribution in [3.8, 4) is 0 Å². The Morgan fingerprint density at radius 3 is 2.25 bits per heavy atom. The highest BCUT2D eigenvalue weighted by atomic mass is 16.1. The van der Waals surface area contributed by atoms with Gasteiger partial charge in [-0.1, -0.05) is 69.3 Å². The maximum absolute atomic E-state index is 10.7. The smallest absolute Gasteiger partial charge is 0.146 e. The van der Waals surface area contributed by atoms with E-state index in [0.717, 1.165) is 24.7 Å². The molecule has 2 rings (SSSR count). The highest BCUT2D eigenvalue weighted by Crippen LogP contribution is 2.27. The highest BCUT2D eigenvalue weighted by Gasteiger charge is 2.17. The maximum Gasteiger partial charge on any atom is 0.146 e. The fourth-order valence-electron chi connectivity index (χ4n) is 2.22. The Bertz CT molecular complexity index is 568. The maximum atomic E-state index is 10.7. The van der Waals surface area contributed by atoms with Crippen molar-refractivity contribution >= 4 is 12.4 Å². The molecular formula is C19H22O. The van der Waals surface area contributed by atoms with Crippen molar-refractivity contribution in [1.29, 1.82) is 0 Å². The summed E-state index contributed by atoms with van der Waals surface area (Å²) in [6.07, 6.45) is 10.9. The van der Waals surface area contributed by atoms with Gasteiger partial charge in [-0.2, -0.15) is 0 Å².